The second kappa shape index (κ2) is 6.85. The maximum Gasteiger partial charge on any atom is 0.250 e. The number of rotatable bonds is 6. The first-order valence-corrected chi connectivity index (χ1v) is 4.08. The lowest BCUT2D eigenvalue weighted by molar-refractivity contribution is -0.129. The van der Waals surface area contributed by atoms with Crippen molar-refractivity contribution in [2.24, 2.45) is 0 Å². The molecule has 0 aliphatic heterocycles. The first kappa shape index (κ1) is 12.4. The SMILES string of the molecule is C=CCNC(=O)C(O)CNC(=O)C=C. The molecule has 78 valence electrons. The zero-order valence-electron chi connectivity index (χ0n) is 7.82. The number of hydrogen-bond donors (Lipinski definition) is 3. The second-order valence-electron chi connectivity index (χ2n) is 2.50. The molecule has 0 aliphatic rings. The van der Waals surface area contributed by atoms with Crippen molar-refractivity contribution in [2.45, 2.75) is 6.10 Å². The molecule has 0 aromatic heterocycles. The lowest BCUT2D eigenvalue weighted by Gasteiger charge is -2.10. The summed E-state index contributed by atoms with van der Waals surface area (Å²) in [6.45, 7) is 6.78. The van der Waals surface area contributed by atoms with Crippen LogP contribution in [0.15, 0.2) is 25.3 Å². The normalized spacial score (nSPS) is 11.2. The summed E-state index contributed by atoms with van der Waals surface area (Å²) in [5, 5.41) is 13.9. The van der Waals surface area contributed by atoms with Gasteiger partial charge in [-0.15, -0.1) is 6.58 Å². The van der Waals surface area contributed by atoms with Crippen LogP contribution < -0.4 is 10.6 Å². The third kappa shape index (κ3) is 5.10. The van der Waals surface area contributed by atoms with Crippen molar-refractivity contribution in [1.82, 2.24) is 10.6 Å². The highest BCUT2D eigenvalue weighted by molar-refractivity contribution is 5.88. The van der Waals surface area contributed by atoms with Crippen LogP contribution in [0.2, 0.25) is 0 Å². The van der Waals surface area contributed by atoms with Crippen LogP contribution in [-0.2, 0) is 9.59 Å². The summed E-state index contributed by atoms with van der Waals surface area (Å²) in [4.78, 5) is 21.7. The molecule has 2 amide bonds. The molecule has 0 heterocycles. The largest absolute Gasteiger partial charge is 0.381 e. The van der Waals surface area contributed by atoms with E-state index in [1.54, 1.807) is 0 Å². The molecule has 0 rings (SSSR count). The van der Waals surface area contributed by atoms with Crippen LogP contribution in [0.5, 0.6) is 0 Å². The average Bonchev–Trinajstić information content (AvgIpc) is 2.21. The lowest BCUT2D eigenvalue weighted by atomic mass is 10.3. The summed E-state index contributed by atoms with van der Waals surface area (Å²) in [6.07, 6.45) is 1.31. The lowest BCUT2D eigenvalue weighted by Crippen LogP contribution is -2.42. The third-order valence-corrected chi connectivity index (χ3v) is 1.38. The number of nitrogens with one attached hydrogen (secondary N) is 2. The van der Waals surface area contributed by atoms with Crippen LogP contribution in [0.3, 0.4) is 0 Å². The Morgan fingerprint density at radius 2 is 2.00 bits per heavy atom. The van der Waals surface area contributed by atoms with E-state index in [1.807, 2.05) is 0 Å². The molecule has 0 spiro atoms. The van der Waals surface area contributed by atoms with Gasteiger partial charge in [0.15, 0.2) is 0 Å². The zero-order chi connectivity index (χ0) is 11.0. The smallest absolute Gasteiger partial charge is 0.250 e. The van der Waals surface area contributed by atoms with Gasteiger partial charge in [0.2, 0.25) is 5.91 Å². The van der Waals surface area contributed by atoms with Gasteiger partial charge in [-0.05, 0) is 6.08 Å². The molecule has 1 atom stereocenters. The van der Waals surface area contributed by atoms with Crippen LogP contribution in [0.4, 0.5) is 0 Å². The molecule has 0 fully saturated rings. The molecule has 0 aromatic carbocycles. The predicted octanol–water partition coefficient (Wildman–Crippen LogP) is -1.05. The van der Waals surface area contributed by atoms with Crippen LogP contribution in [0, 0.1) is 0 Å². The molecule has 0 saturated heterocycles. The Hall–Kier alpha value is -1.62. The van der Waals surface area contributed by atoms with Crippen molar-refractivity contribution in [3.63, 3.8) is 0 Å². The van der Waals surface area contributed by atoms with Gasteiger partial charge in [-0.2, -0.15) is 0 Å². The number of aliphatic hydroxyl groups is 1. The maximum atomic E-state index is 11.0. The Kier molecular flexibility index (Phi) is 6.06. The summed E-state index contributed by atoms with van der Waals surface area (Å²) in [6, 6.07) is 0. The van der Waals surface area contributed by atoms with Crippen LogP contribution >= 0.6 is 0 Å². The minimum Gasteiger partial charge on any atom is -0.381 e. The number of amides is 2. The van der Waals surface area contributed by atoms with Gasteiger partial charge < -0.3 is 15.7 Å². The van der Waals surface area contributed by atoms with Crippen LogP contribution in [-0.4, -0.2) is 36.1 Å². The highest BCUT2D eigenvalue weighted by Gasteiger charge is 2.13. The Labute approximate surface area is 82.5 Å². The Morgan fingerprint density at radius 3 is 2.50 bits per heavy atom. The van der Waals surface area contributed by atoms with E-state index in [1.165, 1.54) is 6.08 Å². The number of carbonyl (C=O) groups is 2. The predicted molar refractivity (Wildman–Crippen MR) is 52.4 cm³/mol. The van der Waals surface area contributed by atoms with E-state index < -0.39 is 17.9 Å². The Morgan fingerprint density at radius 1 is 1.36 bits per heavy atom. The molecule has 14 heavy (non-hydrogen) atoms. The molecule has 5 nitrogen and oxygen atoms in total. The van der Waals surface area contributed by atoms with Gasteiger partial charge in [0, 0.05) is 6.54 Å². The minimum absolute atomic E-state index is 0.131. The van der Waals surface area contributed by atoms with E-state index in [9.17, 15) is 14.7 Å². The topological polar surface area (TPSA) is 78.4 Å². The highest BCUT2D eigenvalue weighted by Crippen LogP contribution is 1.81. The van der Waals surface area contributed by atoms with Crippen molar-refractivity contribution in [2.75, 3.05) is 13.1 Å². The van der Waals surface area contributed by atoms with Crippen LogP contribution in [0.1, 0.15) is 0 Å². The molecule has 0 aromatic rings. The first-order chi connectivity index (χ1) is 6.61. The molecular formula is C9H14N2O3. The molecule has 1 unspecified atom stereocenters. The van der Waals surface area contributed by atoms with E-state index in [-0.39, 0.29) is 13.1 Å². The summed E-state index contributed by atoms with van der Waals surface area (Å²) >= 11 is 0. The molecule has 0 aliphatic carbocycles. The van der Waals surface area contributed by atoms with Crippen molar-refractivity contribution < 1.29 is 14.7 Å². The van der Waals surface area contributed by atoms with Crippen molar-refractivity contribution in [3.05, 3.63) is 25.3 Å². The fourth-order valence-electron chi connectivity index (χ4n) is 0.653. The Balaban J connectivity index is 3.77. The van der Waals surface area contributed by atoms with Crippen molar-refractivity contribution in [3.8, 4) is 0 Å². The highest BCUT2D eigenvalue weighted by atomic mass is 16.3. The van der Waals surface area contributed by atoms with Gasteiger partial charge in [-0.1, -0.05) is 12.7 Å². The number of carbonyl (C=O) groups excluding carboxylic acids is 2. The van der Waals surface area contributed by atoms with Gasteiger partial charge in [-0.3, -0.25) is 9.59 Å². The van der Waals surface area contributed by atoms with Gasteiger partial charge in [-0.25, -0.2) is 0 Å². The minimum atomic E-state index is -1.25. The molecule has 5 heteroatoms. The number of hydrogen-bond acceptors (Lipinski definition) is 3. The van der Waals surface area contributed by atoms with E-state index in [4.69, 9.17) is 0 Å². The monoisotopic (exact) mass is 198 g/mol. The van der Waals surface area contributed by atoms with Crippen molar-refractivity contribution in [1.29, 1.82) is 0 Å². The van der Waals surface area contributed by atoms with E-state index >= 15 is 0 Å². The molecular weight excluding hydrogens is 184 g/mol. The summed E-state index contributed by atoms with van der Waals surface area (Å²) in [7, 11) is 0. The molecule has 0 bridgehead atoms. The van der Waals surface area contributed by atoms with Gasteiger partial charge in [0.1, 0.15) is 6.10 Å². The molecule has 0 saturated carbocycles. The second-order valence-corrected chi connectivity index (χ2v) is 2.50. The molecule has 3 N–H and O–H groups in total. The fraction of sp³-hybridized carbons (Fsp3) is 0.333. The maximum absolute atomic E-state index is 11.0. The fourth-order valence-corrected chi connectivity index (χ4v) is 0.653. The molecule has 0 radical (unpaired) electrons. The first-order valence-electron chi connectivity index (χ1n) is 4.08. The van der Waals surface area contributed by atoms with Crippen LogP contribution in [0.25, 0.3) is 0 Å². The van der Waals surface area contributed by atoms with Gasteiger partial charge >= 0.3 is 0 Å². The summed E-state index contributed by atoms with van der Waals surface area (Å²) in [5.41, 5.74) is 0. The van der Waals surface area contributed by atoms with E-state index in [0.29, 0.717) is 0 Å². The summed E-state index contributed by atoms with van der Waals surface area (Å²) < 4.78 is 0. The standard InChI is InChI=1S/C9H14N2O3/c1-3-5-10-9(14)7(12)6-11-8(13)4-2/h3-4,7,12H,1-2,5-6H2,(H,10,14)(H,11,13). The third-order valence-electron chi connectivity index (χ3n) is 1.38. The average molecular weight is 198 g/mol. The van der Waals surface area contributed by atoms with Crippen molar-refractivity contribution >= 4 is 11.8 Å². The Bertz CT molecular complexity index is 238. The van der Waals surface area contributed by atoms with E-state index in [0.717, 1.165) is 6.08 Å². The summed E-state index contributed by atoms with van der Waals surface area (Å²) in [5.74, 6) is -0.977. The quantitative estimate of drug-likeness (QED) is 0.376. The van der Waals surface area contributed by atoms with Gasteiger partial charge in [0.05, 0.1) is 6.54 Å². The van der Waals surface area contributed by atoms with E-state index in [2.05, 4.69) is 23.8 Å². The van der Waals surface area contributed by atoms with Gasteiger partial charge in [0.25, 0.3) is 5.91 Å². The number of aliphatic hydroxyl groups excluding tert-OH is 1. The zero-order valence-corrected chi connectivity index (χ0v) is 7.82.